The number of amides is 2. The number of carboxylic acid groups (broad SMARTS) is 1. The summed E-state index contributed by atoms with van der Waals surface area (Å²) in [6, 6.07) is 5.57. The van der Waals surface area contributed by atoms with Gasteiger partial charge in [-0.2, -0.15) is 0 Å². The van der Waals surface area contributed by atoms with Crippen LogP contribution in [0.4, 0.5) is 0 Å². The predicted molar refractivity (Wildman–Crippen MR) is 113 cm³/mol. The fourth-order valence-electron chi connectivity index (χ4n) is 3.11. The highest BCUT2D eigenvalue weighted by Gasteiger charge is 2.49. The molecule has 2 aliphatic rings. The van der Waals surface area contributed by atoms with E-state index < -0.39 is 35.2 Å². The van der Waals surface area contributed by atoms with Crippen molar-refractivity contribution in [3.63, 3.8) is 0 Å². The number of carbonyl (C=O) groups excluding carboxylic acids is 3. The fourth-order valence-corrected chi connectivity index (χ4v) is 4.92. The highest BCUT2D eigenvalue weighted by molar-refractivity contribution is 8.00. The number of halogens is 2. The molecule has 164 valence electrons. The summed E-state index contributed by atoms with van der Waals surface area (Å²) in [4.78, 5) is 49.2. The standard InChI is InChI=1S/C19H16Cl2N2O7S/c1-8(24)30-7-11-15(19(28)29)23-12(26)6-13(23)31-18(11)22-17(27)14(16(20)21)9-2-4-10(25)5-3-9/h2-5,13,18,25H,6-7H2,1H3,(H,22,27)(H,28,29). The zero-order valence-electron chi connectivity index (χ0n) is 15.9. The number of aliphatic carboxylic acids is 1. The number of ether oxygens (including phenoxy) is 1. The smallest absolute Gasteiger partial charge is 0.352 e. The minimum atomic E-state index is -1.38. The van der Waals surface area contributed by atoms with Crippen molar-refractivity contribution in [3.05, 3.63) is 45.6 Å². The topological polar surface area (TPSA) is 133 Å². The number of benzene rings is 1. The Kier molecular flexibility index (Phi) is 6.83. The second-order valence-corrected chi connectivity index (χ2v) is 8.79. The summed E-state index contributed by atoms with van der Waals surface area (Å²) in [6.45, 7) is 0.722. The van der Waals surface area contributed by atoms with Crippen molar-refractivity contribution >= 4 is 64.3 Å². The van der Waals surface area contributed by atoms with Crippen molar-refractivity contribution in [1.82, 2.24) is 10.2 Å². The average Bonchev–Trinajstić information content (AvgIpc) is 2.67. The maximum absolute atomic E-state index is 13.0. The molecule has 0 aromatic heterocycles. The number of thioether (sulfide) groups is 1. The molecule has 0 spiro atoms. The number of nitrogens with zero attached hydrogens (tertiary/aromatic N) is 1. The molecule has 3 N–H and O–H groups in total. The van der Waals surface area contributed by atoms with Crippen molar-refractivity contribution in [1.29, 1.82) is 0 Å². The molecule has 1 saturated heterocycles. The summed E-state index contributed by atoms with van der Waals surface area (Å²) >= 11 is 13.0. The van der Waals surface area contributed by atoms with Crippen LogP contribution in [0.2, 0.25) is 0 Å². The molecule has 2 heterocycles. The molecule has 1 aromatic rings. The number of rotatable bonds is 6. The molecule has 1 aromatic carbocycles. The SMILES string of the molecule is CC(=O)OCC1=C(C(=O)O)N2C(=O)CC2SC1NC(=O)C(=C(Cl)Cl)c1ccc(O)cc1. The van der Waals surface area contributed by atoms with Crippen molar-refractivity contribution in [3.8, 4) is 5.75 Å². The van der Waals surface area contributed by atoms with Crippen LogP contribution in [0.15, 0.2) is 40.0 Å². The van der Waals surface area contributed by atoms with E-state index in [9.17, 15) is 29.4 Å². The maximum atomic E-state index is 13.0. The second-order valence-electron chi connectivity index (χ2n) is 6.55. The van der Waals surface area contributed by atoms with Gasteiger partial charge in [0.25, 0.3) is 5.91 Å². The number of carbonyl (C=O) groups is 4. The van der Waals surface area contributed by atoms with Gasteiger partial charge in [-0.1, -0.05) is 35.3 Å². The number of nitrogens with one attached hydrogen (secondary N) is 1. The van der Waals surface area contributed by atoms with Gasteiger partial charge in [-0.05, 0) is 17.7 Å². The lowest BCUT2D eigenvalue weighted by Gasteiger charge is -2.46. The first-order valence-corrected chi connectivity index (χ1v) is 10.5. The molecule has 0 aliphatic carbocycles. The summed E-state index contributed by atoms with van der Waals surface area (Å²) in [5.74, 6) is -3.16. The van der Waals surface area contributed by atoms with Crippen LogP contribution >= 0.6 is 35.0 Å². The van der Waals surface area contributed by atoms with Crippen molar-refractivity contribution in [2.75, 3.05) is 6.61 Å². The summed E-state index contributed by atoms with van der Waals surface area (Å²) in [5, 5.41) is 20.4. The first kappa shape index (κ1) is 23.0. The Morgan fingerprint density at radius 2 is 1.90 bits per heavy atom. The lowest BCUT2D eigenvalue weighted by molar-refractivity contribution is -0.146. The molecule has 2 amide bonds. The average molecular weight is 487 g/mol. The molecule has 2 unspecified atom stereocenters. The number of carboxylic acids is 1. The van der Waals surface area contributed by atoms with Gasteiger partial charge in [-0.3, -0.25) is 19.3 Å². The first-order valence-electron chi connectivity index (χ1n) is 8.83. The normalized spacial score (nSPS) is 19.8. The number of esters is 1. The molecule has 0 bridgehead atoms. The molecule has 0 radical (unpaired) electrons. The number of fused-ring (bicyclic) bond motifs is 1. The molecule has 2 atom stereocenters. The number of β-lactam (4-membered cyclic amide) rings is 1. The molecule has 0 saturated carbocycles. The van der Waals surface area contributed by atoms with E-state index in [-0.39, 0.29) is 39.4 Å². The van der Waals surface area contributed by atoms with Crippen LogP contribution in [0.5, 0.6) is 5.75 Å². The van der Waals surface area contributed by atoms with E-state index in [0.29, 0.717) is 5.56 Å². The lowest BCUT2D eigenvalue weighted by Crippen LogP contribution is -2.57. The van der Waals surface area contributed by atoms with Gasteiger partial charge in [0.05, 0.1) is 17.4 Å². The van der Waals surface area contributed by atoms with E-state index in [1.165, 1.54) is 24.3 Å². The van der Waals surface area contributed by atoms with Crippen LogP contribution in [0.25, 0.3) is 5.57 Å². The fraction of sp³-hybridized carbons (Fsp3) is 0.263. The van der Waals surface area contributed by atoms with E-state index in [0.717, 1.165) is 23.6 Å². The molecule has 9 nitrogen and oxygen atoms in total. The Labute approximate surface area is 190 Å². The van der Waals surface area contributed by atoms with Gasteiger partial charge in [0.15, 0.2) is 0 Å². The van der Waals surface area contributed by atoms with Crippen LogP contribution in [0.3, 0.4) is 0 Å². The van der Waals surface area contributed by atoms with Crippen LogP contribution < -0.4 is 5.32 Å². The van der Waals surface area contributed by atoms with Gasteiger partial charge in [-0.15, -0.1) is 11.8 Å². The summed E-state index contributed by atoms with van der Waals surface area (Å²) in [7, 11) is 0. The Morgan fingerprint density at radius 1 is 1.26 bits per heavy atom. The number of phenolic OH excluding ortho intramolecular Hbond substituents is 1. The molecular formula is C19H16Cl2N2O7S. The number of hydrogen-bond donors (Lipinski definition) is 3. The minimum Gasteiger partial charge on any atom is -0.508 e. The third kappa shape index (κ3) is 4.81. The van der Waals surface area contributed by atoms with Gasteiger partial charge in [0.1, 0.15) is 27.9 Å². The van der Waals surface area contributed by atoms with Crippen LogP contribution in [-0.4, -0.2) is 56.2 Å². The summed E-state index contributed by atoms with van der Waals surface area (Å²) < 4.78 is 4.63. The second kappa shape index (κ2) is 9.21. The van der Waals surface area contributed by atoms with E-state index in [2.05, 4.69) is 5.32 Å². The number of hydrogen-bond acceptors (Lipinski definition) is 7. The first-order chi connectivity index (χ1) is 14.6. The molecule has 1 fully saturated rings. The van der Waals surface area contributed by atoms with Crippen molar-refractivity contribution in [2.24, 2.45) is 0 Å². The van der Waals surface area contributed by atoms with E-state index in [1.54, 1.807) is 0 Å². The van der Waals surface area contributed by atoms with Gasteiger partial charge >= 0.3 is 11.9 Å². The predicted octanol–water partition coefficient (Wildman–Crippen LogP) is 2.19. The third-order valence-corrected chi connectivity index (χ3v) is 6.27. The Balaban J connectivity index is 1.96. The Hall–Kier alpha value is -2.69. The lowest BCUT2D eigenvalue weighted by atomic mass is 10.0. The highest BCUT2D eigenvalue weighted by Crippen LogP contribution is 2.43. The summed E-state index contributed by atoms with van der Waals surface area (Å²) in [6.07, 6.45) is 0.103. The van der Waals surface area contributed by atoms with Gasteiger partial charge < -0.3 is 20.3 Å². The molecule has 12 heteroatoms. The monoisotopic (exact) mass is 486 g/mol. The molecule has 31 heavy (non-hydrogen) atoms. The quantitative estimate of drug-likeness (QED) is 0.316. The van der Waals surface area contributed by atoms with Gasteiger partial charge in [0, 0.05) is 12.5 Å². The van der Waals surface area contributed by atoms with Crippen LogP contribution in [0.1, 0.15) is 18.9 Å². The zero-order chi connectivity index (χ0) is 22.9. The number of aromatic hydroxyl groups is 1. The number of phenols is 1. The van der Waals surface area contributed by atoms with E-state index >= 15 is 0 Å². The van der Waals surface area contributed by atoms with E-state index in [1.807, 2.05) is 0 Å². The maximum Gasteiger partial charge on any atom is 0.352 e. The highest BCUT2D eigenvalue weighted by atomic mass is 35.5. The molecular weight excluding hydrogens is 471 g/mol. The third-order valence-electron chi connectivity index (χ3n) is 4.53. The van der Waals surface area contributed by atoms with Crippen molar-refractivity contribution in [2.45, 2.75) is 24.1 Å². The molecule has 2 aliphatic heterocycles. The largest absolute Gasteiger partial charge is 0.508 e. The van der Waals surface area contributed by atoms with Crippen LogP contribution in [-0.2, 0) is 23.9 Å². The Bertz CT molecular complexity index is 1020. The van der Waals surface area contributed by atoms with E-state index in [4.69, 9.17) is 27.9 Å². The molecule has 3 rings (SSSR count). The zero-order valence-corrected chi connectivity index (χ0v) is 18.3. The van der Waals surface area contributed by atoms with Crippen LogP contribution in [0, 0.1) is 0 Å². The Morgan fingerprint density at radius 3 is 2.42 bits per heavy atom. The van der Waals surface area contributed by atoms with Gasteiger partial charge in [-0.25, -0.2) is 4.79 Å². The van der Waals surface area contributed by atoms with Gasteiger partial charge in [0.2, 0.25) is 5.91 Å². The summed E-state index contributed by atoms with van der Waals surface area (Å²) in [5.41, 5.74) is -0.0694. The minimum absolute atomic E-state index is 0.0236. The van der Waals surface area contributed by atoms with Crippen molar-refractivity contribution < 1.29 is 34.1 Å².